The number of thiazole rings is 1. The van der Waals surface area contributed by atoms with Gasteiger partial charge in [-0.2, -0.15) is 0 Å². The van der Waals surface area contributed by atoms with Crippen molar-refractivity contribution in [1.82, 2.24) is 15.0 Å². The fourth-order valence-electron chi connectivity index (χ4n) is 2.11. The van der Waals surface area contributed by atoms with E-state index in [4.69, 9.17) is 0 Å². The highest BCUT2D eigenvalue weighted by atomic mass is 32.2. The van der Waals surface area contributed by atoms with Gasteiger partial charge in [-0.25, -0.2) is 19.3 Å². The molecule has 0 aliphatic heterocycles. The summed E-state index contributed by atoms with van der Waals surface area (Å²) in [6, 6.07) is 8.43. The lowest BCUT2D eigenvalue weighted by molar-refractivity contribution is 0.628. The van der Waals surface area contributed by atoms with Crippen molar-refractivity contribution in [2.75, 3.05) is 0 Å². The van der Waals surface area contributed by atoms with Crippen molar-refractivity contribution in [3.05, 3.63) is 58.9 Å². The molecule has 4 rings (SSSR count). The molecule has 0 radical (unpaired) electrons. The number of hydrogen-bond donors (Lipinski definition) is 0. The average Bonchev–Trinajstić information content (AvgIpc) is 3.23. The van der Waals surface area contributed by atoms with Crippen molar-refractivity contribution in [3.63, 3.8) is 0 Å². The van der Waals surface area contributed by atoms with Gasteiger partial charge < -0.3 is 0 Å². The summed E-state index contributed by atoms with van der Waals surface area (Å²) in [5.74, 6) is 0.520. The lowest BCUT2D eigenvalue weighted by Gasteiger charge is -1.99. The smallest absolute Gasteiger partial charge is 0.123 e. The van der Waals surface area contributed by atoms with Crippen LogP contribution in [0.1, 0.15) is 5.69 Å². The van der Waals surface area contributed by atoms with E-state index in [2.05, 4.69) is 15.0 Å². The van der Waals surface area contributed by atoms with Gasteiger partial charge in [-0.3, -0.25) is 0 Å². The Kier molecular flexibility index (Phi) is 4.07. The number of hydrogen-bond acceptors (Lipinski definition) is 6. The molecule has 0 aliphatic carbocycles. The Morgan fingerprint density at radius 2 is 1.91 bits per heavy atom. The normalized spacial score (nSPS) is 11.2. The van der Waals surface area contributed by atoms with Gasteiger partial charge in [0, 0.05) is 16.7 Å². The van der Waals surface area contributed by atoms with Crippen LogP contribution in [-0.2, 0) is 5.75 Å². The number of benzene rings is 1. The third-order valence-electron chi connectivity index (χ3n) is 3.21. The van der Waals surface area contributed by atoms with Gasteiger partial charge >= 0.3 is 0 Å². The summed E-state index contributed by atoms with van der Waals surface area (Å²) in [6.45, 7) is 0. The van der Waals surface area contributed by atoms with Crippen molar-refractivity contribution in [3.8, 4) is 10.6 Å². The van der Waals surface area contributed by atoms with Crippen LogP contribution in [0.5, 0.6) is 0 Å². The molecule has 3 heterocycles. The van der Waals surface area contributed by atoms with Gasteiger partial charge in [0.05, 0.1) is 15.9 Å². The Bertz CT molecular complexity index is 947. The quantitative estimate of drug-likeness (QED) is 0.369. The van der Waals surface area contributed by atoms with Gasteiger partial charge in [0.15, 0.2) is 0 Å². The van der Waals surface area contributed by atoms with Crippen molar-refractivity contribution in [2.24, 2.45) is 0 Å². The standard InChI is InChI=1S/C16H10FN3S3/c17-11-3-1-10(2-4-11)15-20-12(7-22-15)8-23-16-14-13(5-6-21-14)18-9-19-16/h1-7,9H,8H2. The molecule has 0 aliphatic rings. The Morgan fingerprint density at radius 3 is 2.78 bits per heavy atom. The highest BCUT2D eigenvalue weighted by molar-refractivity contribution is 7.98. The van der Waals surface area contributed by atoms with Crippen LogP contribution in [0.25, 0.3) is 20.8 Å². The Labute approximate surface area is 144 Å². The number of halogens is 1. The first-order chi connectivity index (χ1) is 11.3. The lowest BCUT2D eigenvalue weighted by atomic mass is 10.2. The minimum atomic E-state index is -0.232. The number of nitrogens with zero attached hydrogens (tertiary/aromatic N) is 3. The van der Waals surface area contributed by atoms with Crippen molar-refractivity contribution >= 4 is 44.7 Å². The predicted molar refractivity (Wildman–Crippen MR) is 94.5 cm³/mol. The first-order valence-electron chi connectivity index (χ1n) is 6.81. The molecule has 0 saturated heterocycles. The summed E-state index contributed by atoms with van der Waals surface area (Å²) in [4.78, 5) is 13.2. The largest absolute Gasteiger partial charge is 0.240 e. The van der Waals surface area contributed by atoms with E-state index in [-0.39, 0.29) is 5.82 Å². The SMILES string of the molecule is Fc1ccc(-c2nc(CSc3ncnc4ccsc34)cs2)cc1. The van der Waals surface area contributed by atoms with Gasteiger partial charge in [-0.05, 0) is 35.7 Å². The van der Waals surface area contributed by atoms with E-state index >= 15 is 0 Å². The van der Waals surface area contributed by atoms with Crippen molar-refractivity contribution in [2.45, 2.75) is 10.8 Å². The first-order valence-corrected chi connectivity index (χ1v) is 9.55. The predicted octanol–water partition coefficient (Wildman–Crippen LogP) is 5.25. The second-order valence-corrected chi connectivity index (χ2v) is 7.49. The maximum Gasteiger partial charge on any atom is 0.123 e. The molecule has 0 bridgehead atoms. The van der Waals surface area contributed by atoms with E-state index in [1.165, 1.54) is 12.1 Å². The minimum Gasteiger partial charge on any atom is -0.240 e. The molecule has 0 spiro atoms. The fourth-order valence-corrected chi connectivity index (χ4v) is 4.88. The fraction of sp³-hybridized carbons (Fsp3) is 0.0625. The van der Waals surface area contributed by atoms with Gasteiger partial charge in [0.25, 0.3) is 0 Å². The van der Waals surface area contributed by atoms with Gasteiger partial charge in [-0.1, -0.05) is 11.8 Å². The van der Waals surface area contributed by atoms with Gasteiger partial charge in [0.2, 0.25) is 0 Å². The van der Waals surface area contributed by atoms with Crippen LogP contribution in [0.2, 0.25) is 0 Å². The van der Waals surface area contributed by atoms with Crippen LogP contribution in [0.3, 0.4) is 0 Å². The summed E-state index contributed by atoms with van der Waals surface area (Å²) in [5, 5.41) is 5.96. The Balaban J connectivity index is 1.52. The zero-order chi connectivity index (χ0) is 15.6. The molecule has 0 fully saturated rings. The third-order valence-corrected chi connectivity index (χ3v) is 6.21. The molecule has 3 aromatic heterocycles. The molecule has 23 heavy (non-hydrogen) atoms. The second-order valence-electron chi connectivity index (χ2n) is 4.75. The van der Waals surface area contributed by atoms with E-state index in [0.717, 1.165) is 37.3 Å². The molecule has 4 aromatic rings. The first kappa shape index (κ1) is 14.7. The van der Waals surface area contributed by atoms with E-state index in [1.807, 2.05) is 16.8 Å². The maximum atomic E-state index is 13.0. The highest BCUT2D eigenvalue weighted by Gasteiger charge is 2.09. The molecule has 3 nitrogen and oxygen atoms in total. The maximum absolute atomic E-state index is 13.0. The Morgan fingerprint density at radius 1 is 1.04 bits per heavy atom. The number of aromatic nitrogens is 3. The van der Waals surface area contributed by atoms with Crippen LogP contribution in [-0.4, -0.2) is 15.0 Å². The molecule has 114 valence electrons. The van der Waals surface area contributed by atoms with Crippen LogP contribution in [0.4, 0.5) is 4.39 Å². The zero-order valence-electron chi connectivity index (χ0n) is 11.8. The zero-order valence-corrected chi connectivity index (χ0v) is 14.2. The molecule has 7 heteroatoms. The van der Waals surface area contributed by atoms with Crippen LogP contribution in [0.15, 0.2) is 52.4 Å². The molecule has 1 aromatic carbocycles. The summed E-state index contributed by atoms with van der Waals surface area (Å²) < 4.78 is 14.1. The van der Waals surface area contributed by atoms with E-state index in [0.29, 0.717) is 0 Å². The van der Waals surface area contributed by atoms with Gasteiger partial charge in [-0.15, -0.1) is 22.7 Å². The molecule has 0 saturated carbocycles. The number of fused-ring (bicyclic) bond motifs is 1. The van der Waals surface area contributed by atoms with E-state index in [9.17, 15) is 4.39 Å². The topological polar surface area (TPSA) is 38.7 Å². The van der Waals surface area contributed by atoms with Crippen LogP contribution < -0.4 is 0 Å². The summed E-state index contributed by atoms with van der Waals surface area (Å²) >= 11 is 4.89. The Hall–Kier alpha value is -1.83. The summed E-state index contributed by atoms with van der Waals surface area (Å²) in [7, 11) is 0. The number of thioether (sulfide) groups is 1. The molecular weight excluding hydrogens is 349 g/mol. The van der Waals surface area contributed by atoms with E-state index < -0.39 is 0 Å². The summed E-state index contributed by atoms with van der Waals surface area (Å²) in [5.41, 5.74) is 2.93. The molecule has 0 amide bonds. The molecule has 0 N–H and O–H groups in total. The number of thiophene rings is 1. The lowest BCUT2D eigenvalue weighted by Crippen LogP contribution is -1.86. The van der Waals surface area contributed by atoms with Crippen molar-refractivity contribution in [1.29, 1.82) is 0 Å². The molecule has 0 atom stereocenters. The van der Waals surface area contributed by atoms with Gasteiger partial charge in [0.1, 0.15) is 22.2 Å². The van der Waals surface area contributed by atoms with E-state index in [1.54, 1.807) is 52.9 Å². The molecular formula is C16H10FN3S3. The van der Waals surface area contributed by atoms with Crippen molar-refractivity contribution < 1.29 is 4.39 Å². The highest BCUT2D eigenvalue weighted by Crippen LogP contribution is 2.32. The second kappa shape index (κ2) is 6.35. The minimum absolute atomic E-state index is 0.232. The third kappa shape index (κ3) is 3.12. The van der Waals surface area contributed by atoms with Crippen LogP contribution in [0, 0.1) is 5.82 Å². The summed E-state index contributed by atoms with van der Waals surface area (Å²) in [6.07, 6.45) is 1.60. The van der Waals surface area contributed by atoms with Crippen LogP contribution >= 0.6 is 34.4 Å². The molecule has 0 unspecified atom stereocenters. The number of rotatable bonds is 4. The monoisotopic (exact) mass is 359 g/mol. The average molecular weight is 359 g/mol.